The van der Waals surface area contributed by atoms with Crippen molar-refractivity contribution in [2.75, 3.05) is 0 Å². The molecule has 0 bridgehead atoms. The smallest absolute Gasteiger partial charge is 0.0738 e. The topological polar surface area (TPSA) is 66.5 Å². The third kappa shape index (κ3) is 13.5. The second kappa shape index (κ2) is 13.3. The van der Waals surface area contributed by atoms with Gasteiger partial charge in [0.25, 0.3) is 0 Å². The minimum absolute atomic E-state index is 0.390. The van der Waals surface area contributed by atoms with Crippen LogP contribution in [0.15, 0.2) is 0 Å². The fourth-order valence-electron chi connectivity index (χ4n) is 2.72. The molecule has 0 aliphatic heterocycles. The maximum Gasteiger partial charge on any atom is 0.0738 e. The van der Waals surface area contributed by atoms with Crippen LogP contribution in [0.5, 0.6) is 0 Å². The highest BCUT2D eigenvalue weighted by atomic mass is 16.3. The van der Waals surface area contributed by atoms with Gasteiger partial charge in [-0.25, -0.2) is 0 Å². The summed E-state index contributed by atoms with van der Waals surface area (Å²) in [5, 5.41) is 19.8. The summed E-state index contributed by atoms with van der Waals surface area (Å²) in [4.78, 5) is 0. The number of hydrogen-bond acceptors (Lipinski definition) is 3. The van der Waals surface area contributed by atoms with Crippen LogP contribution in [0, 0.1) is 0 Å². The minimum Gasteiger partial charge on any atom is -0.393 e. The molecule has 0 aromatic carbocycles. The molecular formula is C19H41NO2. The number of aliphatic hydroxyl groups excluding tert-OH is 2. The lowest BCUT2D eigenvalue weighted by Crippen LogP contribution is -2.46. The Morgan fingerprint density at radius 1 is 0.773 bits per heavy atom. The van der Waals surface area contributed by atoms with E-state index in [-0.39, 0.29) is 0 Å². The molecule has 2 unspecified atom stereocenters. The Labute approximate surface area is 138 Å². The van der Waals surface area contributed by atoms with Crippen LogP contribution in [0.4, 0.5) is 0 Å². The van der Waals surface area contributed by atoms with E-state index in [1.165, 1.54) is 64.2 Å². The molecule has 4 N–H and O–H groups in total. The zero-order valence-corrected chi connectivity index (χ0v) is 15.3. The van der Waals surface area contributed by atoms with Gasteiger partial charge in [-0.05, 0) is 20.3 Å². The first kappa shape index (κ1) is 21.9. The second-order valence-corrected chi connectivity index (χ2v) is 7.55. The van der Waals surface area contributed by atoms with Gasteiger partial charge in [0, 0.05) is 12.0 Å². The van der Waals surface area contributed by atoms with Gasteiger partial charge in [0.2, 0.25) is 0 Å². The maximum atomic E-state index is 9.91. The molecule has 0 radical (unpaired) electrons. The quantitative estimate of drug-likeness (QED) is 0.389. The van der Waals surface area contributed by atoms with E-state index in [0.29, 0.717) is 6.42 Å². The van der Waals surface area contributed by atoms with E-state index in [9.17, 15) is 10.2 Å². The summed E-state index contributed by atoms with van der Waals surface area (Å²) >= 11 is 0. The van der Waals surface area contributed by atoms with Crippen molar-refractivity contribution in [2.24, 2.45) is 5.73 Å². The zero-order valence-electron chi connectivity index (χ0n) is 15.3. The highest BCUT2D eigenvalue weighted by Crippen LogP contribution is 2.16. The lowest BCUT2D eigenvalue weighted by Gasteiger charge is -2.27. The summed E-state index contributed by atoms with van der Waals surface area (Å²) in [6, 6.07) is 0. The van der Waals surface area contributed by atoms with Gasteiger partial charge in [0.05, 0.1) is 12.2 Å². The Morgan fingerprint density at radius 3 is 1.59 bits per heavy atom. The number of nitrogens with two attached hydrogens (primary N) is 1. The Balaban J connectivity index is 3.32. The summed E-state index contributed by atoms with van der Waals surface area (Å²) < 4.78 is 0. The summed E-state index contributed by atoms with van der Waals surface area (Å²) in [6.07, 6.45) is 14.6. The van der Waals surface area contributed by atoms with Crippen molar-refractivity contribution in [3.63, 3.8) is 0 Å². The predicted molar refractivity (Wildman–Crippen MR) is 96.0 cm³/mol. The van der Waals surface area contributed by atoms with E-state index < -0.39 is 17.7 Å². The van der Waals surface area contributed by atoms with Crippen molar-refractivity contribution in [1.29, 1.82) is 0 Å². The van der Waals surface area contributed by atoms with Crippen molar-refractivity contribution in [1.82, 2.24) is 0 Å². The molecule has 0 spiro atoms. The van der Waals surface area contributed by atoms with Crippen LogP contribution in [0.25, 0.3) is 0 Å². The first-order valence-corrected chi connectivity index (χ1v) is 9.53. The van der Waals surface area contributed by atoms with E-state index in [1.807, 2.05) is 0 Å². The van der Waals surface area contributed by atoms with Crippen LogP contribution in [-0.4, -0.2) is 28.0 Å². The van der Waals surface area contributed by atoms with Crippen molar-refractivity contribution < 1.29 is 10.2 Å². The lowest BCUT2D eigenvalue weighted by molar-refractivity contribution is 0.0372. The van der Waals surface area contributed by atoms with E-state index in [1.54, 1.807) is 13.8 Å². The molecule has 2 atom stereocenters. The van der Waals surface area contributed by atoms with Crippen molar-refractivity contribution in [2.45, 2.75) is 122 Å². The third-order valence-corrected chi connectivity index (χ3v) is 4.50. The molecule has 3 nitrogen and oxygen atoms in total. The van der Waals surface area contributed by atoms with Crippen LogP contribution < -0.4 is 5.73 Å². The summed E-state index contributed by atoms with van der Waals surface area (Å²) in [6.45, 7) is 5.85. The summed E-state index contributed by atoms with van der Waals surface area (Å²) in [5.74, 6) is 0. The first-order valence-electron chi connectivity index (χ1n) is 9.53. The van der Waals surface area contributed by atoms with Gasteiger partial charge in [0.1, 0.15) is 0 Å². The Morgan fingerprint density at radius 2 is 1.18 bits per heavy atom. The summed E-state index contributed by atoms with van der Waals surface area (Å²) in [5.41, 5.74) is 5.20. The van der Waals surface area contributed by atoms with Crippen LogP contribution in [0.1, 0.15) is 104 Å². The monoisotopic (exact) mass is 315 g/mol. The Hall–Kier alpha value is -0.120. The molecule has 0 fully saturated rings. The lowest BCUT2D eigenvalue weighted by atomic mass is 9.92. The third-order valence-electron chi connectivity index (χ3n) is 4.50. The Kier molecular flexibility index (Phi) is 13.3. The molecule has 0 aliphatic carbocycles. The normalized spacial score (nSPS) is 15.0. The number of hydrogen-bond donors (Lipinski definition) is 3. The van der Waals surface area contributed by atoms with Gasteiger partial charge < -0.3 is 15.9 Å². The predicted octanol–water partition coefficient (Wildman–Crippen LogP) is 4.54. The van der Waals surface area contributed by atoms with E-state index >= 15 is 0 Å². The molecule has 0 saturated carbocycles. The van der Waals surface area contributed by atoms with Gasteiger partial charge in [-0.1, -0.05) is 77.6 Å². The van der Waals surface area contributed by atoms with Gasteiger partial charge >= 0.3 is 0 Å². The standard InChI is InChI=1S/C19H41NO2/c1-4-5-6-7-8-9-10-11-12-13-14-15-17(21)16-18(22)19(2,3)20/h17-18,21-22H,4-16,20H2,1-3H3. The molecule has 0 aliphatic rings. The average molecular weight is 316 g/mol. The van der Waals surface area contributed by atoms with Gasteiger partial charge in [-0.2, -0.15) is 0 Å². The van der Waals surface area contributed by atoms with Gasteiger partial charge in [-0.3, -0.25) is 0 Å². The summed E-state index contributed by atoms with van der Waals surface area (Å²) in [7, 11) is 0. The van der Waals surface area contributed by atoms with Crippen LogP contribution >= 0.6 is 0 Å². The second-order valence-electron chi connectivity index (χ2n) is 7.55. The largest absolute Gasteiger partial charge is 0.393 e. The van der Waals surface area contributed by atoms with Crippen molar-refractivity contribution >= 4 is 0 Å². The van der Waals surface area contributed by atoms with E-state index in [2.05, 4.69) is 6.92 Å². The maximum absolute atomic E-state index is 9.91. The van der Waals surface area contributed by atoms with Crippen molar-refractivity contribution in [3.05, 3.63) is 0 Å². The fraction of sp³-hybridized carbons (Fsp3) is 1.00. The highest BCUT2D eigenvalue weighted by molar-refractivity contribution is 4.83. The molecule has 0 heterocycles. The van der Waals surface area contributed by atoms with Crippen LogP contribution in [0.2, 0.25) is 0 Å². The SMILES string of the molecule is CCCCCCCCCCCCCC(O)CC(O)C(C)(C)N. The minimum atomic E-state index is -0.629. The molecule has 0 saturated heterocycles. The van der Waals surface area contributed by atoms with E-state index in [0.717, 1.165) is 12.8 Å². The van der Waals surface area contributed by atoms with Crippen LogP contribution in [0.3, 0.4) is 0 Å². The molecule has 22 heavy (non-hydrogen) atoms. The number of rotatable bonds is 15. The number of aliphatic hydroxyl groups is 2. The van der Waals surface area contributed by atoms with Gasteiger partial charge in [-0.15, -0.1) is 0 Å². The molecule has 0 rings (SSSR count). The first-order chi connectivity index (χ1) is 10.4. The molecule has 0 amide bonds. The zero-order chi connectivity index (χ0) is 16.8. The molecular weight excluding hydrogens is 274 g/mol. The number of unbranched alkanes of at least 4 members (excludes halogenated alkanes) is 10. The van der Waals surface area contributed by atoms with Crippen LogP contribution in [-0.2, 0) is 0 Å². The van der Waals surface area contributed by atoms with Gasteiger partial charge in [0.15, 0.2) is 0 Å². The molecule has 134 valence electrons. The fourth-order valence-corrected chi connectivity index (χ4v) is 2.72. The highest BCUT2D eigenvalue weighted by Gasteiger charge is 2.24. The molecule has 0 aromatic rings. The Bertz CT molecular complexity index is 238. The average Bonchev–Trinajstić information content (AvgIpc) is 2.43. The molecule has 3 heteroatoms. The molecule has 0 aromatic heterocycles. The van der Waals surface area contributed by atoms with Crippen molar-refractivity contribution in [3.8, 4) is 0 Å². The van der Waals surface area contributed by atoms with E-state index in [4.69, 9.17) is 5.73 Å².